The Balaban J connectivity index is 1.98. The van der Waals surface area contributed by atoms with Crippen LogP contribution in [-0.2, 0) is 15.1 Å². The lowest BCUT2D eigenvalue weighted by atomic mass is 9.73. The minimum atomic E-state index is -0.660. The molecule has 3 heterocycles. The highest BCUT2D eigenvalue weighted by molar-refractivity contribution is 6.10. The van der Waals surface area contributed by atoms with Gasteiger partial charge in [-0.15, -0.1) is 0 Å². The smallest absolute Gasteiger partial charge is 0.255 e. The second-order valence-electron chi connectivity index (χ2n) is 7.46. The van der Waals surface area contributed by atoms with Crippen LogP contribution in [-0.4, -0.2) is 40.6 Å². The summed E-state index contributed by atoms with van der Waals surface area (Å²) in [6, 6.07) is 7.44. The molecular formula is C20H24N2O3. The molecule has 2 fully saturated rings. The fourth-order valence-corrected chi connectivity index (χ4v) is 5.43. The van der Waals surface area contributed by atoms with Gasteiger partial charge in [-0.1, -0.05) is 44.9 Å². The molecular weight excluding hydrogens is 316 g/mol. The molecule has 2 saturated heterocycles. The van der Waals surface area contributed by atoms with Gasteiger partial charge in [-0.25, -0.2) is 0 Å². The van der Waals surface area contributed by atoms with Gasteiger partial charge in [0, 0.05) is 18.7 Å². The average Bonchev–Trinajstić information content (AvgIpc) is 3.15. The van der Waals surface area contributed by atoms with Gasteiger partial charge in [-0.2, -0.15) is 0 Å². The molecule has 4 rings (SSSR count). The van der Waals surface area contributed by atoms with E-state index in [2.05, 4.69) is 6.92 Å². The van der Waals surface area contributed by atoms with E-state index in [1.807, 2.05) is 36.1 Å². The van der Waals surface area contributed by atoms with E-state index in [0.717, 1.165) is 24.8 Å². The summed E-state index contributed by atoms with van der Waals surface area (Å²) in [7, 11) is 1.58. The summed E-state index contributed by atoms with van der Waals surface area (Å²) in [5, 5.41) is 0. The number of amides is 3. The van der Waals surface area contributed by atoms with E-state index in [4.69, 9.17) is 0 Å². The number of rotatable bonds is 4. The number of imide groups is 1. The molecule has 3 aliphatic rings. The van der Waals surface area contributed by atoms with Crippen molar-refractivity contribution in [2.24, 2.45) is 11.8 Å². The van der Waals surface area contributed by atoms with Gasteiger partial charge in [0.1, 0.15) is 0 Å². The first-order valence-electron chi connectivity index (χ1n) is 9.25. The molecule has 1 aromatic carbocycles. The predicted molar refractivity (Wildman–Crippen MR) is 92.7 cm³/mol. The maximum absolute atomic E-state index is 13.2. The monoisotopic (exact) mass is 340 g/mol. The van der Waals surface area contributed by atoms with Crippen molar-refractivity contribution < 1.29 is 14.4 Å². The summed E-state index contributed by atoms with van der Waals surface area (Å²) in [4.78, 5) is 42.3. The summed E-state index contributed by atoms with van der Waals surface area (Å²) in [5.41, 5.74) is 0.980. The van der Waals surface area contributed by atoms with Crippen LogP contribution in [0.1, 0.15) is 55.5 Å². The molecule has 0 saturated carbocycles. The van der Waals surface area contributed by atoms with E-state index in [1.54, 1.807) is 7.05 Å². The molecule has 0 spiro atoms. The van der Waals surface area contributed by atoms with Crippen LogP contribution in [0, 0.1) is 11.8 Å². The Labute approximate surface area is 148 Å². The van der Waals surface area contributed by atoms with Crippen LogP contribution in [0.5, 0.6) is 0 Å². The molecule has 0 aromatic heterocycles. The zero-order valence-electron chi connectivity index (χ0n) is 15.0. The lowest BCUT2D eigenvalue weighted by molar-refractivity contribution is -0.140. The highest BCUT2D eigenvalue weighted by Gasteiger charge is 2.71. The van der Waals surface area contributed by atoms with Crippen molar-refractivity contribution in [1.29, 1.82) is 0 Å². The summed E-state index contributed by atoms with van der Waals surface area (Å²) in [5.74, 6) is -1.13. The molecule has 5 nitrogen and oxygen atoms in total. The van der Waals surface area contributed by atoms with Gasteiger partial charge in [0.05, 0.1) is 17.4 Å². The molecule has 0 N–H and O–H groups in total. The van der Waals surface area contributed by atoms with Gasteiger partial charge in [0.25, 0.3) is 5.91 Å². The Morgan fingerprint density at radius 1 is 1.08 bits per heavy atom. The van der Waals surface area contributed by atoms with Crippen LogP contribution in [0.2, 0.25) is 0 Å². The Bertz CT molecular complexity index is 774. The first kappa shape index (κ1) is 16.3. The molecule has 4 atom stereocenters. The van der Waals surface area contributed by atoms with Crippen molar-refractivity contribution in [3.05, 3.63) is 35.4 Å². The number of carbonyl (C=O) groups excluding carboxylic acids is 3. The molecule has 0 aliphatic carbocycles. The minimum Gasteiger partial charge on any atom is -0.324 e. The van der Waals surface area contributed by atoms with E-state index in [0.29, 0.717) is 12.0 Å². The molecule has 3 amide bonds. The van der Waals surface area contributed by atoms with Gasteiger partial charge >= 0.3 is 0 Å². The first-order chi connectivity index (χ1) is 12.0. The van der Waals surface area contributed by atoms with E-state index in [1.165, 1.54) is 4.90 Å². The number of hydrogen-bond donors (Lipinski definition) is 0. The lowest BCUT2D eigenvalue weighted by Crippen LogP contribution is -2.49. The lowest BCUT2D eigenvalue weighted by Gasteiger charge is -2.39. The molecule has 132 valence electrons. The fourth-order valence-electron chi connectivity index (χ4n) is 5.43. The summed E-state index contributed by atoms with van der Waals surface area (Å²) >= 11 is 0. The second-order valence-corrected chi connectivity index (χ2v) is 7.46. The van der Waals surface area contributed by atoms with Gasteiger partial charge < -0.3 is 4.90 Å². The Morgan fingerprint density at radius 3 is 2.48 bits per heavy atom. The van der Waals surface area contributed by atoms with Gasteiger partial charge in [-0.3, -0.25) is 19.3 Å². The van der Waals surface area contributed by atoms with Crippen molar-refractivity contribution in [1.82, 2.24) is 9.80 Å². The van der Waals surface area contributed by atoms with Crippen molar-refractivity contribution in [2.45, 2.75) is 51.1 Å². The van der Waals surface area contributed by atoms with Crippen molar-refractivity contribution in [3.8, 4) is 0 Å². The van der Waals surface area contributed by atoms with Crippen molar-refractivity contribution in [3.63, 3.8) is 0 Å². The third-order valence-corrected chi connectivity index (χ3v) is 6.43. The quantitative estimate of drug-likeness (QED) is 0.792. The Hall–Kier alpha value is -2.17. The van der Waals surface area contributed by atoms with Crippen molar-refractivity contribution in [2.75, 3.05) is 7.05 Å². The number of carbonyl (C=O) groups is 3. The van der Waals surface area contributed by atoms with Crippen LogP contribution in [0.15, 0.2) is 24.3 Å². The standard InChI is InChI=1S/C20H24N2O3/c1-4-6-11-20-13-10-8-7-9-12(13)17(23)22(20)14(5-2)15-16(20)19(25)21(3)18(15)24/h7-10,14-16H,4-6,11H2,1-3H3/t14-,15-,16+,20-/m1/s1. The average molecular weight is 340 g/mol. The third kappa shape index (κ3) is 1.76. The minimum absolute atomic E-state index is 0.0174. The van der Waals surface area contributed by atoms with Crippen LogP contribution >= 0.6 is 0 Å². The SMILES string of the molecule is CCCC[C@]12c3ccccc3C(=O)N1[C@H](CC)[C@H]1C(=O)N(C)C(=O)[C@H]12. The number of hydrogen-bond acceptors (Lipinski definition) is 3. The molecule has 1 aromatic rings. The number of likely N-dealkylation sites (tertiary alicyclic amines) is 1. The van der Waals surface area contributed by atoms with E-state index in [-0.39, 0.29) is 23.8 Å². The largest absolute Gasteiger partial charge is 0.324 e. The van der Waals surface area contributed by atoms with Crippen LogP contribution in [0.3, 0.4) is 0 Å². The van der Waals surface area contributed by atoms with Gasteiger partial charge in [-0.05, 0) is 24.5 Å². The molecule has 0 bridgehead atoms. The molecule has 25 heavy (non-hydrogen) atoms. The summed E-state index contributed by atoms with van der Waals surface area (Å²) in [6.07, 6.45) is 3.32. The predicted octanol–water partition coefficient (Wildman–Crippen LogP) is 2.55. The fraction of sp³-hybridized carbons (Fsp3) is 0.550. The zero-order chi connectivity index (χ0) is 17.9. The molecule has 0 unspecified atom stereocenters. The van der Waals surface area contributed by atoms with Crippen LogP contribution in [0.25, 0.3) is 0 Å². The van der Waals surface area contributed by atoms with Crippen LogP contribution in [0.4, 0.5) is 0 Å². The zero-order valence-corrected chi connectivity index (χ0v) is 15.0. The molecule has 0 radical (unpaired) electrons. The molecule has 3 aliphatic heterocycles. The normalized spacial score (nSPS) is 33.1. The van der Waals surface area contributed by atoms with E-state index < -0.39 is 17.4 Å². The maximum Gasteiger partial charge on any atom is 0.255 e. The van der Waals surface area contributed by atoms with E-state index >= 15 is 0 Å². The first-order valence-corrected chi connectivity index (χ1v) is 9.25. The topological polar surface area (TPSA) is 57.7 Å². The number of benzene rings is 1. The number of fused-ring (bicyclic) bond motifs is 5. The number of unbranched alkanes of at least 4 members (excludes halogenated alkanes) is 1. The van der Waals surface area contributed by atoms with Crippen LogP contribution < -0.4 is 0 Å². The maximum atomic E-state index is 13.2. The highest BCUT2D eigenvalue weighted by Crippen LogP contribution is 2.60. The summed E-state index contributed by atoms with van der Waals surface area (Å²) in [6.45, 7) is 4.12. The highest BCUT2D eigenvalue weighted by atomic mass is 16.2. The van der Waals surface area contributed by atoms with Gasteiger partial charge in [0.15, 0.2) is 0 Å². The Kier molecular flexibility index (Phi) is 3.53. The molecule has 5 heteroatoms. The summed E-state index contributed by atoms with van der Waals surface area (Å²) < 4.78 is 0. The third-order valence-electron chi connectivity index (χ3n) is 6.43. The van der Waals surface area contributed by atoms with Gasteiger partial charge in [0.2, 0.25) is 11.8 Å². The second kappa shape index (κ2) is 5.41. The van der Waals surface area contributed by atoms with Crippen molar-refractivity contribution >= 4 is 17.7 Å². The number of nitrogens with zero attached hydrogens (tertiary/aromatic N) is 2. The van der Waals surface area contributed by atoms with E-state index in [9.17, 15) is 14.4 Å². The Morgan fingerprint density at radius 2 is 1.80 bits per heavy atom.